The van der Waals surface area contributed by atoms with Crippen molar-refractivity contribution in [2.24, 2.45) is 0 Å². The molecule has 2 aromatic carbocycles. The van der Waals surface area contributed by atoms with Crippen molar-refractivity contribution >= 4 is 11.7 Å². The number of methoxy groups -OCH3 is 1. The van der Waals surface area contributed by atoms with Gasteiger partial charge in [0.2, 0.25) is 5.89 Å². The summed E-state index contributed by atoms with van der Waals surface area (Å²) in [7, 11) is 1.64. The van der Waals surface area contributed by atoms with Crippen LogP contribution in [-0.4, -0.2) is 29.8 Å². The smallest absolute Gasteiger partial charge is 0.319 e. The molecule has 1 heterocycles. The van der Waals surface area contributed by atoms with Crippen molar-refractivity contribution in [3.05, 3.63) is 71.4 Å². The van der Waals surface area contributed by atoms with E-state index in [1.54, 1.807) is 7.11 Å². The molecule has 32 heavy (non-hydrogen) atoms. The molecule has 0 atom stereocenters. The van der Waals surface area contributed by atoms with Crippen molar-refractivity contribution in [3.63, 3.8) is 0 Å². The molecule has 0 radical (unpaired) electrons. The number of hydrogen-bond acceptors (Lipinski definition) is 6. The number of nitrogens with zero attached hydrogens (tertiary/aromatic N) is 2. The molecule has 0 saturated heterocycles. The van der Waals surface area contributed by atoms with Gasteiger partial charge in [0.1, 0.15) is 5.75 Å². The summed E-state index contributed by atoms with van der Waals surface area (Å²) in [6.07, 6.45) is 1.34. The Morgan fingerprint density at radius 2 is 1.88 bits per heavy atom. The highest BCUT2D eigenvalue weighted by Crippen LogP contribution is 2.15. The molecular weight excluding hydrogens is 408 g/mol. The number of ether oxygens (including phenoxy) is 2. The van der Waals surface area contributed by atoms with E-state index >= 15 is 0 Å². The Balaban J connectivity index is 1.36. The Hall–Kier alpha value is -3.39. The Kier molecular flexibility index (Phi) is 8.62. The summed E-state index contributed by atoms with van der Waals surface area (Å²) in [5, 5.41) is 9.63. The van der Waals surface area contributed by atoms with Crippen LogP contribution in [0.3, 0.4) is 0 Å². The van der Waals surface area contributed by atoms with Gasteiger partial charge in [-0.15, -0.1) is 0 Å². The summed E-state index contributed by atoms with van der Waals surface area (Å²) in [5.41, 5.74) is 2.76. The monoisotopic (exact) mass is 438 g/mol. The number of aromatic nitrogens is 2. The number of anilines is 1. The molecule has 2 N–H and O–H groups in total. The molecule has 170 valence electrons. The van der Waals surface area contributed by atoms with E-state index in [4.69, 9.17) is 14.0 Å². The zero-order chi connectivity index (χ0) is 22.8. The van der Waals surface area contributed by atoms with Crippen LogP contribution in [0.15, 0.2) is 53.1 Å². The molecule has 0 bridgehead atoms. The van der Waals surface area contributed by atoms with Crippen molar-refractivity contribution in [2.45, 2.75) is 45.8 Å². The van der Waals surface area contributed by atoms with E-state index < -0.39 is 0 Å². The molecule has 8 heteroatoms. The van der Waals surface area contributed by atoms with E-state index in [1.165, 1.54) is 0 Å². The Morgan fingerprint density at radius 1 is 1.09 bits per heavy atom. The van der Waals surface area contributed by atoms with Gasteiger partial charge in [-0.1, -0.05) is 43.3 Å². The number of rotatable bonds is 11. The van der Waals surface area contributed by atoms with Crippen LogP contribution in [0.5, 0.6) is 5.75 Å². The van der Waals surface area contributed by atoms with Gasteiger partial charge in [0, 0.05) is 24.6 Å². The topological polar surface area (TPSA) is 98.5 Å². The molecule has 0 aliphatic rings. The van der Waals surface area contributed by atoms with Gasteiger partial charge in [-0.05, 0) is 41.8 Å². The zero-order valence-electron chi connectivity index (χ0n) is 18.8. The third-order valence-corrected chi connectivity index (χ3v) is 4.73. The molecular formula is C24H30N4O4. The van der Waals surface area contributed by atoms with Gasteiger partial charge >= 0.3 is 6.03 Å². The van der Waals surface area contributed by atoms with Crippen LogP contribution in [0.25, 0.3) is 0 Å². The first kappa shape index (κ1) is 23.3. The molecule has 0 unspecified atom stereocenters. The molecule has 0 aliphatic heterocycles. The normalized spacial score (nSPS) is 10.9. The number of benzene rings is 2. The van der Waals surface area contributed by atoms with E-state index in [9.17, 15) is 4.79 Å². The Labute approximate surface area is 188 Å². The summed E-state index contributed by atoms with van der Waals surface area (Å²) in [4.78, 5) is 16.5. The van der Waals surface area contributed by atoms with Crippen molar-refractivity contribution < 1.29 is 18.8 Å². The van der Waals surface area contributed by atoms with Crippen molar-refractivity contribution in [3.8, 4) is 5.75 Å². The van der Waals surface area contributed by atoms with Crippen LogP contribution in [-0.2, 0) is 24.4 Å². The van der Waals surface area contributed by atoms with Gasteiger partial charge in [0.15, 0.2) is 5.82 Å². The first-order valence-corrected chi connectivity index (χ1v) is 10.7. The maximum Gasteiger partial charge on any atom is 0.319 e. The van der Waals surface area contributed by atoms with E-state index in [0.29, 0.717) is 50.0 Å². The van der Waals surface area contributed by atoms with Crippen LogP contribution in [0, 0.1) is 0 Å². The average Bonchev–Trinajstić information content (AvgIpc) is 3.27. The van der Waals surface area contributed by atoms with Gasteiger partial charge in [0.25, 0.3) is 0 Å². The fraction of sp³-hybridized carbons (Fsp3) is 0.375. The minimum Gasteiger partial charge on any atom is -0.497 e. The zero-order valence-corrected chi connectivity index (χ0v) is 18.8. The highest BCUT2D eigenvalue weighted by Gasteiger charge is 2.09. The van der Waals surface area contributed by atoms with Crippen LogP contribution in [0.2, 0.25) is 0 Å². The summed E-state index contributed by atoms with van der Waals surface area (Å²) >= 11 is 0. The van der Waals surface area contributed by atoms with Crippen LogP contribution in [0.4, 0.5) is 10.5 Å². The molecule has 8 nitrogen and oxygen atoms in total. The highest BCUT2D eigenvalue weighted by molar-refractivity contribution is 5.89. The van der Waals surface area contributed by atoms with Gasteiger partial charge in [-0.3, -0.25) is 0 Å². The lowest BCUT2D eigenvalue weighted by molar-refractivity contribution is 0.107. The van der Waals surface area contributed by atoms with Crippen LogP contribution in [0.1, 0.15) is 49.0 Å². The minimum atomic E-state index is -0.255. The second-order valence-electron chi connectivity index (χ2n) is 7.73. The minimum absolute atomic E-state index is 0.236. The molecule has 0 saturated carbocycles. The summed E-state index contributed by atoms with van der Waals surface area (Å²) in [6.45, 7) is 5.49. The molecule has 3 rings (SSSR count). The number of carbonyl (C=O) groups is 1. The largest absolute Gasteiger partial charge is 0.497 e. The van der Waals surface area contributed by atoms with Crippen molar-refractivity contribution in [1.29, 1.82) is 0 Å². The molecule has 0 spiro atoms. The SMILES string of the molecule is COc1ccc(COCc2cccc(NC(=O)NCCCc3nc(C(C)C)no3)c2)cc1. The van der Waals surface area contributed by atoms with Crippen LogP contribution >= 0.6 is 0 Å². The maximum atomic E-state index is 12.2. The van der Waals surface area contributed by atoms with Crippen molar-refractivity contribution in [1.82, 2.24) is 15.5 Å². The highest BCUT2D eigenvalue weighted by atomic mass is 16.5. The summed E-state index contributed by atoms with van der Waals surface area (Å²) in [5.74, 6) is 2.36. The van der Waals surface area contributed by atoms with Crippen molar-refractivity contribution in [2.75, 3.05) is 19.0 Å². The molecule has 0 aliphatic carbocycles. The number of aryl methyl sites for hydroxylation is 1. The fourth-order valence-corrected chi connectivity index (χ4v) is 2.97. The third kappa shape index (κ3) is 7.39. The standard InChI is InChI=1S/C24H30N4O4/c1-17(2)23-27-22(32-28-23)8-5-13-25-24(29)26-20-7-4-6-19(14-20)16-31-15-18-9-11-21(30-3)12-10-18/h4,6-7,9-12,14,17H,5,8,13,15-16H2,1-3H3,(H2,25,26,29). The molecule has 3 aromatic rings. The number of nitrogens with one attached hydrogen (secondary N) is 2. The van der Waals surface area contributed by atoms with E-state index in [1.807, 2.05) is 62.4 Å². The quantitative estimate of drug-likeness (QED) is 0.422. The number of amides is 2. The van der Waals surface area contributed by atoms with Gasteiger partial charge in [0.05, 0.1) is 20.3 Å². The molecule has 2 amide bonds. The molecule has 1 aromatic heterocycles. The molecule has 0 fully saturated rings. The van der Waals surface area contributed by atoms with E-state index in [2.05, 4.69) is 20.8 Å². The Bertz CT molecular complexity index is 986. The predicted octanol–water partition coefficient (Wildman–Crippen LogP) is 4.67. The Morgan fingerprint density at radius 3 is 2.59 bits per heavy atom. The first-order valence-electron chi connectivity index (χ1n) is 10.7. The van der Waals surface area contributed by atoms with Crippen LogP contribution < -0.4 is 15.4 Å². The second-order valence-corrected chi connectivity index (χ2v) is 7.73. The summed E-state index contributed by atoms with van der Waals surface area (Å²) in [6, 6.07) is 15.1. The second kappa shape index (κ2) is 11.9. The lowest BCUT2D eigenvalue weighted by Gasteiger charge is -2.09. The fourth-order valence-electron chi connectivity index (χ4n) is 2.97. The lowest BCUT2D eigenvalue weighted by atomic mass is 10.2. The van der Waals surface area contributed by atoms with E-state index in [-0.39, 0.29) is 11.9 Å². The number of carbonyl (C=O) groups excluding carboxylic acids is 1. The van der Waals surface area contributed by atoms with Gasteiger partial charge in [-0.2, -0.15) is 4.98 Å². The number of urea groups is 1. The lowest BCUT2D eigenvalue weighted by Crippen LogP contribution is -2.29. The average molecular weight is 439 g/mol. The predicted molar refractivity (Wildman–Crippen MR) is 122 cm³/mol. The maximum absolute atomic E-state index is 12.2. The summed E-state index contributed by atoms with van der Waals surface area (Å²) < 4.78 is 16.2. The van der Waals surface area contributed by atoms with Gasteiger partial charge in [-0.25, -0.2) is 4.79 Å². The first-order chi connectivity index (χ1) is 15.5. The van der Waals surface area contributed by atoms with E-state index in [0.717, 1.165) is 16.9 Å². The van der Waals surface area contributed by atoms with Gasteiger partial charge < -0.3 is 24.6 Å². The third-order valence-electron chi connectivity index (χ3n) is 4.73. The number of hydrogen-bond donors (Lipinski definition) is 2.